The Hall–Kier alpha value is -1.71. The van der Waals surface area contributed by atoms with Crippen molar-refractivity contribution in [1.29, 1.82) is 0 Å². The Morgan fingerprint density at radius 3 is 2.32 bits per heavy atom. The van der Waals surface area contributed by atoms with Crippen LogP contribution >= 0.6 is 0 Å². The lowest BCUT2D eigenvalue weighted by Gasteiger charge is -2.39. The molecule has 1 fully saturated rings. The molecule has 2 atom stereocenters. The van der Waals surface area contributed by atoms with Gasteiger partial charge in [-0.05, 0) is 51.7 Å². The Balaban J connectivity index is 1.96. The van der Waals surface area contributed by atoms with E-state index >= 15 is 0 Å². The molecule has 0 unspecified atom stereocenters. The number of piperidine rings is 1. The van der Waals surface area contributed by atoms with Gasteiger partial charge in [0.2, 0.25) is 0 Å². The predicted octanol–water partition coefficient (Wildman–Crippen LogP) is 3.64. The van der Waals surface area contributed by atoms with Crippen molar-refractivity contribution in [1.82, 2.24) is 4.90 Å². The number of hydrogen-bond donors (Lipinski definition) is 0. The molecule has 1 amide bonds. The second-order valence-corrected chi connectivity index (χ2v) is 6.01. The summed E-state index contributed by atoms with van der Waals surface area (Å²) in [5.74, 6) is 1.41. The van der Waals surface area contributed by atoms with Crippen LogP contribution in [0.4, 0.5) is 0 Å². The molecule has 1 aliphatic rings. The Kier molecular flexibility index (Phi) is 6.10. The monoisotopic (exact) mass is 305 g/mol. The van der Waals surface area contributed by atoms with E-state index in [0.29, 0.717) is 30.2 Å². The van der Waals surface area contributed by atoms with E-state index in [4.69, 9.17) is 9.47 Å². The summed E-state index contributed by atoms with van der Waals surface area (Å²) in [6.45, 7) is 7.01. The third-order valence-electron chi connectivity index (χ3n) is 4.14. The fraction of sp³-hybridized carbons (Fsp3) is 0.611. The van der Waals surface area contributed by atoms with Gasteiger partial charge in [0.1, 0.15) is 0 Å². The summed E-state index contributed by atoms with van der Waals surface area (Å²) in [5.41, 5.74) is 0. The average Bonchev–Trinajstić information content (AvgIpc) is 2.51. The normalized spacial score (nSPS) is 21.5. The van der Waals surface area contributed by atoms with E-state index in [0.717, 1.165) is 19.3 Å². The standard InChI is InChI=1S/C18H27NO3/c1-4-12-21-16-10-5-6-11-17(16)22-13-18(20)19-14(2)8-7-9-15(19)3/h5-6,10-11,14-15H,4,7-9,12-13H2,1-3H3/t14-,15-/m0/s1. The van der Waals surface area contributed by atoms with Crippen molar-refractivity contribution in [2.45, 2.75) is 58.5 Å². The van der Waals surface area contributed by atoms with Crippen molar-refractivity contribution in [3.8, 4) is 11.5 Å². The first-order chi connectivity index (χ1) is 10.6. The van der Waals surface area contributed by atoms with Crippen LogP contribution in [-0.4, -0.2) is 36.1 Å². The Morgan fingerprint density at radius 2 is 1.73 bits per heavy atom. The van der Waals surface area contributed by atoms with Crippen LogP contribution in [0.1, 0.15) is 46.5 Å². The van der Waals surface area contributed by atoms with Crippen LogP contribution in [0.2, 0.25) is 0 Å². The second-order valence-electron chi connectivity index (χ2n) is 6.01. The van der Waals surface area contributed by atoms with Crippen molar-refractivity contribution in [3.63, 3.8) is 0 Å². The lowest BCUT2D eigenvalue weighted by Crippen LogP contribution is -2.49. The minimum absolute atomic E-state index is 0.0602. The zero-order valence-corrected chi connectivity index (χ0v) is 13.9. The number of nitrogens with zero attached hydrogens (tertiary/aromatic N) is 1. The molecule has 0 saturated carbocycles. The Morgan fingerprint density at radius 1 is 1.14 bits per heavy atom. The summed E-state index contributed by atoms with van der Waals surface area (Å²) in [4.78, 5) is 14.4. The van der Waals surface area contributed by atoms with Gasteiger partial charge in [-0.3, -0.25) is 4.79 Å². The molecule has 0 spiro atoms. The first kappa shape index (κ1) is 16.7. The van der Waals surface area contributed by atoms with Gasteiger partial charge in [-0.25, -0.2) is 0 Å². The molecular formula is C18H27NO3. The number of para-hydroxylation sites is 2. The van der Waals surface area contributed by atoms with Crippen molar-refractivity contribution in [2.24, 2.45) is 0 Å². The van der Waals surface area contributed by atoms with Gasteiger partial charge < -0.3 is 14.4 Å². The number of hydrogen-bond acceptors (Lipinski definition) is 3. The maximum Gasteiger partial charge on any atom is 0.260 e. The SMILES string of the molecule is CCCOc1ccccc1OCC(=O)N1[C@@H](C)CCC[C@@H]1C. The number of rotatable bonds is 6. The number of likely N-dealkylation sites (tertiary alicyclic amines) is 1. The molecule has 2 rings (SSSR count). The molecule has 0 aliphatic carbocycles. The highest BCUT2D eigenvalue weighted by Gasteiger charge is 2.29. The quantitative estimate of drug-likeness (QED) is 0.805. The molecule has 1 aromatic carbocycles. The van der Waals surface area contributed by atoms with Gasteiger partial charge in [0.15, 0.2) is 18.1 Å². The maximum atomic E-state index is 12.5. The summed E-state index contributed by atoms with van der Waals surface area (Å²) in [5, 5.41) is 0. The Bertz CT molecular complexity index is 479. The minimum atomic E-state index is 0.0602. The van der Waals surface area contributed by atoms with Gasteiger partial charge in [0, 0.05) is 12.1 Å². The molecule has 1 heterocycles. The summed E-state index contributed by atoms with van der Waals surface area (Å²) in [6, 6.07) is 8.13. The zero-order valence-electron chi connectivity index (χ0n) is 13.9. The van der Waals surface area contributed by atoms with Crippen LogP contribution in [0, 0.1) is 0 Å². The van der Waals surface area contributed by atoms with E-state index in [1.165, 1.54) is 6.42 Å². The number of carbonyl (C=O) groups is 1. The number of benzene rings is 1. The fourth-order valence-electron chi connectivity index (χ4n) is 3.03. The predicted molar refractivity (Wildman–Crippen MR) is 87.3 cm³/mol. The molecule has 0 bridgehead atoms. The van der Waals surface area contributed by atoms with Crippen LogP contribution in [0.25, 0.3) is 0 Å². The lowest BCUT2D eigenvalue weighted by atomic mass is 9.97. The van der Waals surface area contributed by atoms with Gasteiger partial charge in [-0.1, -0.05) is 19.1 Å². The summed E-state index contributed by atoms with van der Waals surface area (Å²) < 4.78 is 11.4. The zero-order chi connectivity index (χ0) is 15.9. The topological polar surface area (TPSA) is 38.8 Å². The molecule has 1 saturated heterocycles. The molecule has 0 aromatic heterocycles. The first-order valence-corrected chi connectivity index (χ1v) is 8.29. The van der Waals surface area contributed by atoms with Crippen LogP contribution in [-0.2, 0) is 4.79 Å². The molecule has 4 heteroatoms. The molecule has 0 N–H and O–H groups in total. The smallest absolute Gasteiger partial charge is 0.260 e. The number of ether oxygens (including phenoxy) is 2. The van der Waals surface area contributed by atoms with E-state index in [-0.39, 0.29) is 12.5 Å². The highest BCUT2D eigenvalue weighted by Crippen LogP contribution is 2.27. The minimum Gasteiger partial charge on any atom is -0.490 e. The lowest BCUT2D eigenvalue weighted by molar-refractivity contribution is -0.139. The van der Waals surface area contributed by atoms with Crippen molar-refractivity contribution in [2.75, 3.05) is 13.2 Å². The molecular weight excluding hydrogens is 278 g/mol. The van der Waals surface area contributed by atoms with Gasteiger partial charge in [0.25, 0.3) is 5.91 Å². The van der Waals surface area contributed by atoms with Gasteiger partial charge >= 0.3 is 0 Å². The van der Waals surface area contributed by atoms with Crippen LogP contribution < -0.4 is 9.47 Å². The first-order valence-electron chi connectivity index (χ1n) is 8.29. The third-order valence-corrected chi connectivity index (χ3v) is 4.14. The van der Waals surface area contributed by atoms with Crippen LogP contribution in [0.3, 0.4) is 0 Å². The molecule has 22 heavy (non-hydrogen) atoms. The van der Waals surface area contributed by atoms with Crippen molar-refractivity contribution >= 4 is 5.91 Å². The molecule has 1 aromatic rings. The molecule has 122 valence electrons. The second kappa shape index (κ2) is 8.06. The van der Waals surface area contributed by atoms with E-state index in [9.17, 15) is 4.79 Å². The molecule has 1 aliphatic heterocycles. The van der Waals surface area contributed by atoms with E-state index in [2.05, 4.69) is 20.8 Å². The summed E-state index contributed by atoms with van der Waals surface area (Å²) in [6.07, 6.45) is 4.29. The molecule has 0 radical (unpaired) electrons. The Labute approximate surface area is 133 Å². The summed E-state index contributed by atoms with van der Waals surface area (Å²) >= 11 is 0. The van der Waals surface area contributed by atoms with Gasteiger partial charge in [-0.15, -0.1) is 0 Å². The van der Waals surface area contributed by atoms with E-state index in [1.807, 2.05) is 29.2 Å². The molecule has 4 nitrogen and oxygen atoms in total. The highest BCUT2D eigenvalue weighted by atomic mass is 16.5. The van der Waals surface area contributed by atoms with Gasteiger partial charge in [-0.2, -0.15) is 0 Å². The van der Waals surface area contributed by atoms with E-state index in [1.54, 1.807) is 0 Å². The van der Waals surface area contributed by atoms with E-state index < -0.39 is 0 Å². The number of carbonyl (C=O) groups excluding carboxylic acids is 1. The average molecular weight is 305 g/mol. The van der Waals surface area contributed by atoms with Crippen molar-refractivity contribution < 1.29 is 14.3 Å². The third kappa shape index (κ3) is 4.15. The van der Waals surface area contributed by atoms with Gasteiger partial charge in [0.05, 0.1) is 6.61 Å². The fourth-order valence-corrected chi connectivity index (χ4v) is 3.03. The van der Waals surface area contributed by atoms with Crippen LogP contribution in [0.5, 0.6) is 11.5 Å². The largest absolute Gasteiger partial charge is 0.490 e. The highest BCUT2D eigenvalue weighted by molar-refractivity contribution is 5.78. The van der Waals surface area contributed by atoms with Crippen molar-refractivity contribution in [3.05, 3.63) is 24.3 Å². The number of amides is 1. The van der Waals surface area contributed by atoms with Crippen LogP contribution in [0.15, 0.2) is 24.3 Å². The maximum absolute atomic E-state index is 12.5. The summed E-state index contributed by atoms with van der Waals surface area (Å²) in [7, 11) is 0.